The minimum Gasteiger partial charge on any atom is -0.386 e. The van der Waals surface area contributed by atoms with Gasteiger partial charge in [0.2, 0.25) is 0 Å². The molecule has 1 fully saturated rings. The summed E-state index contributed by atoms with van der Waals surface area (Å²) in [5.41, 5.74) is 4.40. The molecule has 0 aromatic heterocycles. The van der Waals surface area contributed by atoms with Crippen molar-refractivity contribution in [3.8, 4) is 0 Å². The van der Waals surface area contributed by atoms with Gasteiger partial charge >= 0.3 is 0 Å². The lowest BCUT2D eigenvalue weighted by Gasteiger charge is -2.37. The molecular formula is C20H27ClN6. The molecule has 27 heavy (non-hydrogen) atoms. The Morgan fingerprint density at radius 3 is 3.07 bits per heavy atom. The largest absolute Gasteiger partial charge is 0.386 e. The third-order valence-electron chi connectivity index (χ3n) is 4.68. The van der Waals surface area contributed by atoms with Gasteiger partial charge in [-0.05, 0) is 31.4 Å². The van der Waals surface area contributed by atoms with E-state index in [-0.39, 0.29) is 0 Å². The monoisotopic (exact) mass is 386 g/mol. The molecule has 0 bridgehead atoms. The van der Waals surface area contributed by atoms with Crippen molar-refractivity contribution < 1.29 is 0 Å². The highest BCUT2D eigenvalue weighted by Gasteiger charge is 2.21. The van der Waals surface area contributed by atoms with Crippen LogP contribution in [0.3, 0.4) is 0 Å². The number of piperazine rings is 1. The lowest BCUT2D eigenvalue weighted by molar-refractivity contribution is 0.256. The fraction of sp³-hybridized carbons (Fsp3) is 0.400. The number of nitrogens with zero attached hydrogens (tertiary/aromatic N) is 3. The Labute approximate surface area is 166 Å². The van der Waals surface area contributed by atoms with Gasteiger partial charge in [-0.2, -0.15) is 0 Å². The number of nitrogens with one attached hydrogen (secondary N) is 3. The van der Waals surface area contributed by atoms with Crippen LogP contribution in [0, 0.1) is 0 Å². The van der Waals surface area contributed by atoms with Crippen molar-refractivity contribution in [1.29, 1.82) is 0 Å². The van der Waals surface area contributed by atoms with Crippen LogP contribution in [-0.2, 0) is 0 Å². The van der Waals surface area contributed by atoms with Crippen molar-refractivity contribution in [1.82, 2.24) is 20.9 Å². The van der Waals surface area contributed by atoms with Gasteiger partial charge in [-0.15, -0.1) is 0 Å². The van der Waals surface area contributed by atoms with Crippen molar-refractivity contribution >= 4 is 24.0 Å². The number of aliphatic imine (C=N–C) groups is 2. The Morgan fingerprint density at radius 1 is 1.41 bits per heavy atom. The van der Waals surface area contributed by atoms with E-state index >= 15 is 0 Å². The smallest absolute Gasteiger partial charge is 0.0737 e. The van der Waals surface area contributed by atoms with Crippen LogP contribution in [-0.4, -0.2) is 56.1 Å². The zero-order valence-corrected chi connectivity index (χ0v) is 16.5. The van der Waals surface area contributed by atoms with Crippen molar-refractivity contribution in [3.63, 3.8) is 0 Å². The summed E-state index contributed by atoms with van der Waals surface area (Å²) in [4.78, 5) is 10.4. The van der Waals surface area contributed by atoms with Gasteiger partial charge < -0.3 is 20.9 Å². The minimum atomic E-state index is 0.502. The molecule has 1 unspecified atom stereocenters. The molecule has 0 spiro atoms. The van der Waals surface area contributed by atoms with Crippen molar-refractivity contribution in [2.75, 3.05) is 32.7 Å². The molecule has 2 heterocycles. The number of dihydropyridines is 1. The predicted molar refractivity (Wildman–Crippen MR) is 114 cm³/mol. The molecule has 3 N–H and O–H groups in total. The van der Waals surface area contributed by atoms with Crippen LogP contribution in [0.4, 0.5) is 0 Å². The van der Waals surface area contributed by atoms with Gasteiger partial charge in [0.15, 0.2) is 0 Å². The summed E-state index contributed by atoms with van der Waals surface area (Å²) in [6, 6.07) is 0.502. The first-order valence-electron chi connectivity index (χ1n) is 9.28. The van der Waals surface area contributed by atoms with Crippen molar-refractivity contribution in [3.05, 3.63) is 58.8 Å². The molecule has 7 heteroatoms. The van der Waals surface area contributed by atoms with Gasteiger partial charge in [-0.3, -0.25) is 9.98 Å². The maximum absolute atomic E-state index is 6.37. The highest BCUT2D eigenvalue weighted by molar-refractivity contribution is 6.44. The summed E-state index contributed by atoms with van der Waals surface area (Å²) >= 11 is 6.37. The van der Waals surface area contributed by atoms with E-state index < -0.39 is 0 Å². The molecule has 2 aliphatic heterocycles. The van der Waals surface area contributed by atoms with Crippen LogP contribution >= 0.6 is 11.6 Å². The van der Waals surface area contributed by atoms with Crippen LogP contribution in [0.1, 0.15) is 13.3 Å². The predicted octanol–water partition coefficient (Wildman–Crippen LogP) is 2.26. The molecule has 6 nitrogen and oxygen atoms in total. The average molecular weight is 387 g/mol. The third-order valence-corrected chi connectivity index (χ3v) is 5.00. The van der Waals surface area contributed by atoms with Crippen molar-refractivity contribution in [2.45, 2.75) is 19.4 Å². The van der Waals surface area contributed by atoms with Gasteiger partial charge in [0.1, 0.15) is 0 Å². The number of allylic oxidation sites excluding steroid dienone is 2. The summed E-state index contributed by atoms with van der Waals surface area (Å²) in [7, 11) is 0. The highest BCUT2D eigenvalue weighted by Crippen LogP contribution is 2.21. The third kappa shape index (κ3) is 5.34. The van der Waals surface area contributed by atoms with Crippen LogP contribution in [0.15, 0.2) is 68.8 Å². The second-order valence-electron chi connectivity index (χ2n) is 6.74. The normalized spacial score (nSPS) is 24.7. The van der Waals surface area contributed by atoms with E-state index in [1.54, 1.807) is 12.4 Å². The fourth-order valence-electron chi connectivity index (χ4n) is 3.33. The molecule has 1 atom stereocenters. The quantitative estimate of drug-likeness (QED) is 0.613. The molecule has 0 amide bonds. The first kappa shape index (κ1) is 19.5. The summed E-state index contributed by atoms with van der Waals surface area (Å²) in [6.07, 6.45) is 12.3. The molecule has 3 rings (SSSR count). The fourth-order valence-corrected chi connectivity index (χ4v) is 3.59. The van der Waals surface area contributed by atoms with Gasteiger partial charge in [0, 0.05) is 63.8 Å². The number of halogens is 1. The van der Waals surface area contributed by atoms with E-state index in [2.05, 4.69) is 62.8 Å². The first-order valence-corrected chi connectivity index (χ1v) is 9.65. The van der Waals surface area contributed by atoms with Crippen LogP contribution in [0.2, 0.25) is 0 Å². The lowest BCUT2D eigenvalue weighted by atomic mass is 10.0. The lowest BCUT2D eigenvalue weighted by Crippen LogP contribution is -2.50. The topological polar surface area (TPSA) is 64.0 Å². The summed E-state index contributed by atoms with van der Waals surface area (Å²) in [5, 5.41) is 11.0. The molecule has 0 aromatic rings. The van der Waals surface area contributed by atoms with Crippen LogP contribution < -0.4 is 16.0 Å². The first-order chi connectivity index (χ1) is 13.2. The molecule has 0 aromatic carbocycles. The molecule has 0 saturated carbocycles. The average Bonchev–Trinajstić information content (AvgIpc) is 2.68. The summed E-state index contributed by atoms with van der Waals surface area (Å²) < 4.78 is 0. The number of hydrogen-bond donors (Lipinski definition) is 3. The Morgan fingerprint density at radius 2 is 2.30 bits per heavy atom. The zero-order chi connectivity index (χ0) is 19.1. The van der Waals surface area contributed by atoms with E-state index in [1.807, 2.05) is 6.08 Å². The summed E-state index contributed by atoms with van der Waals surface area (Å²) in [5.74, 6) is 0. The highest BCUT2D eigenvalue weighted by atomic mass is 35.5. The summed E-state index contributed by atoms with van der Waals surface area (Å²) in [6.45, 7) is 10.3. The Balaban J connectivity index is 1.60. The van der Waals surface area contributed by atoms with E-state index in [9.17, 15) is 0 Å². The number of hydrogen-bond acceptors (Lipinski definition) is 6. The Bertz CT molecular complexity index is 744. The van der Waals surface area contributed by atoms with Gasteiger partial charge in [0.25, 0.3) is 0 Å². The van der Waals surface area contributed by atoms with E-state index in [0.717, 1.165) is 49.7 Å². The Kier molecular flexibility index (Phi) is 6.90. The SMILES string of the molecule is C=N/C=C\N=C1CC=C(CNC2=CNCC=C2N2CCNC(C)C2)C=C1Cl. The second-order valence-corrected chi connectivity index (χ2v) is 7.15. The molecular weight excluding hydrogens is 360 g/mol. The molecule has 1 aliphatic carbocycles. The molecule has 1 saturated heterocycles. The molecule has 144 valence electrons. The Hall–Kier alpha value is -2.31. The van der Waals surface area contributed by atoms with Gasteiger partial charge in [-0.25, -0.2) is 0 Å². The van der Waals surface area contributed by atoms with Gasteiger partial charge in [0.05, 0.1) is 22.1 Å². The maximum atomic E-state index is 6.37. The van der Waals surface area contributed by atoms with Gasteiger partial charge in [-0.1, -0.05) is 17.7 Å². The van der Waals surface area contributed by atoms with E-state index in [1.165, 1.54) is 5.70 Å². The standard InChI is InChI=1S/C20H27ClN6/c1-15-14-27(10-9-24-15)20-5-6-23-13-19(20)26-12-16-3-4-18(17(21)11-16)25-8-7-22-2/h3,5,7-8,11,13,15,23-24,26H,2,4,6,9-10,12,14H2,1H3/b8-7-,25-18?. The molecule has 0 radical (unpaired) electrons. The van der Waals surface area contributed by atoms with Crippen LogP contribution in [0.25, 0.3) is 0 Å². The van der Waals surface area contributed by atoms with Crippen LogP contribution in [0.5, 0.6) is 0 Å². The van der Waals surface area contributed by atoms with Crippen molar-refractivity contribution in [2.24, 2.45) is 9.98 Å². The van der Waals surface area contributed by atoms with E-state index in [4.69, 9.17) is 11.6 Å². The maximum Gasteiger partial charge on any atom is 0.0737 e. The second kappa shape index (κ2) is 9.58. The number of rotatable bonds is 6. The van der Waals surface area contributed by atoms with E-state index in [0.29, 0.717) is 17.5 Å². The zero-order valence-electron chi connectivity index (χ0n) is 15.7. The minimum absolute atomic E-state index is 0.502. The molecule has 3 aliphatic rings.